The molecule has 2 amide bonds. The van der Waals surface area contributed by atoms with Crippen molar-refractivity contribution < 1.29 is 23.8 Å². The van der Waals surface area contributed by atoms with Crippen molar-refractivity contribution in [3.8, 4) is 5.75 Å². The summed E-state index contributed by atoms with van der Waals surface area (Å²) in [6, 6.07) is 7.05. The number of primary amides is 1. The van der Waals surface area contributed by atoms with E-state index in [1.807, 2.05) is 19.1 Å². The van der Waals surface area contributed by atoms with Gasteiger partial charge in [-0.3, -0.25) is 9.59 Å². The van der Waals surface area contributed by atoms with E-state index < -0.39 is 5.91 Å². The molecule has 0 unspecified atom stereocenters. The summed E-state index contributed by atoms with van der Waals surface area (Å²) in [7, 11) is 1.62. The lowest BCUT2D eigenvalue weighted by molar-refractivity contribution is -0.122. The number of carbonyl (C=O) groups excluding carboxylic acids is 2. The minimum atomic E-state index is -0.522. The number of benzene rings is 1. The molecule has 1 aromatic rings. The van der Waals surface area contributed by atoms with Gasteiger partial charge in [-0.15, -0.1) is 0 Å². The van der Waals surface area contributed by atoms with Crippen LogP contribution in [0.2, 0.25) is 0 Å². The van der Waals surface area contributed by atoms with Gasteiger partial charge in [0, 0.05) is 20.1 Å². The number of amides is 2. The second kappa shape index (κ2) is 11.4. The molecule has 0 spiro atoms. The third kappa shape index (κ3) is 8.50. The molecular weight excluding hydrogens is 312 g/mol. The van der Waals surface area contributed by atoms with Crippen molar-refractivity contribution in [2.75, 3.05) is 33.5 Å². The van der Waals surface area contributed by atoms with Crippen LogP contribution < -0.4 is 15.8 Å². The maximum Gasteiger partial charge on any atom is 0.255 e. The van der Waals surface area contributed by atoms with Crippen LogP contribution in [0.15, 0.2) is 24.3 Å². The van der Waals surface area contributed by atoms with Crippen LogP contribution >= 0.6 is 0 Å². The van der Waals surface area contributed by atoms with Gasteiger partial charge in [0.25, 0.3) is 5.91 Å². The van der Waals surface area contributed by atoms with Crippen LogP contribution in [0.3, 0.4) is 0 Å². The van der Waals surface area contributed by atoms with Gasteiger partial charge in [0.1, 0.15) is 5.75 Å². The highest BCUT2D eigenvalue weighted by atomic mass is 16.5. The summed E-state index contributed by atoms with van der Waals surface area (Å²) in [6.45, 7) is 3.39. The van der Waals surface area contributed by atoms with Gasteiger partial charge in [-0.2, -0.15) is 0 Å². The van der Waals surface area contributed by atoms with Crippen LogP contribution in [-0.4, -0.2) is 45.4 Å². The third-order valence-electron chi connectivity index (χ3n) is 3.26. The summed E-state index contributed by atoms with van der Waals surface area (Å²) in [5.41, 5.74) is 5.97. The Hall–Kier alpha value is -2.12. The molecule has 0 fully saturated rings. The fraction of sp³-hybridized carbons (Fsp3) is 0.529. The Labute approximate surface area is 142 Å². The van der Waals surface area contributed by atoms with Crippen LogP contribution in [0.4, 0.5) is 0 Å². The number of carbonyl (C=O) groups is 2. The quantitative estimate of drug-likeness (QED) is 0.557. The Morgan fingerprint density at radius 2 is 1.88 bits per heavy atom. The molecule has 24 heavy (non-hydrogen) atoms. The molecule has 1 atom stereocenters. The molecule has 0 aliphatic rings. The highest BCUT2D eigenvalue weighted by Crippen LogP contribution is 2.17. The monoisotopic (exact) mass is 338 g/mol. The van der Waals surface area contributed by atoms with Crippen LogP contribution in [0.25, 0.3) is 0 Å². The Balaban J connectivity index is 2.29. The summed E-state index contributed by atoms with van der Waals surface area (Å²) >= 11 is 0. The lowest BCUT2D eigenvalue weighted by Crippen LogP contribution is -2.26. The van der Waals surface area contributed by atoms with Gasteiger partial charge in [0.05, 0.1) is 19.3 Å². The fourth-order valence-electron chi connectivity index (χ4n) is 1.98. The predicted octanol–water partition coefficient (Wildman–Crippen LogP) is 1.17. The Morgan fingerprint density at radius 3 is 2.50 bits per heavy atom. The first-order chi connectivity index (χ1) is 11.5. The van der Waals surface area contributed by atoms with Gasteiger partial charge in [0.15, 0.2) is 6.61 Å². The smallest absolute Gasteiger partial charge is 0.255 e. The second-order valence-corrected chi connectivity index (χ2v) is 5.32. The van der Waals surface area contributed by atoms with E-state index in [0.717, 1.165) is 5.56 Å². The second-order valence-electron chi connectivity index (χ2n) is 5.32. The lowest BCUT2D eigenvalue weighted by Gasteiger charge is -2.15. The van der Waals surface area contributed by atoms with Crippen molar-refractivity contribution in [1.29, 1.82) is 0 Å². The predicted molar refractivity (Wildman–Crippen MR) is 89.6 cm³/mol. The summed E-state index contributed by atoms with van der Waals surface area (Å²) in [4.78, 5) is 22.6. The van der Waals surface area contributed by atoms with Crippen molar-refractivity contribution in [2.24, 2.45) is 5.73 Å². The highest BCUT2D eigenvalue weighted by molar-refractivity contribution is 5.76. The molecule has 7 nitrogen and oxygen atoms in total. The Bertz CT molecular complexity index is 504. The molecule has 0 saturated carbocycles. The first-order valence-corrected chi connectivity index (χ1v) is 7.90. The molecule has 1 aromatic carbocycles. The standard InChI is InChI=1S/C17H26N2O5/c1-13(19-17(21)4-3-9-23-11-10-22-2)14-5-7-15(8-6-14)24-12-16(18)20/h5-8,13H,3-4,9-12H2,1-2H3,(H2,18,20)(H,19,21)/t13-/m1/s1. The third-order valence-corrected chi connectivity index (χ3v) is 3.26. The number of rotatable bonds is 12. The zero-order valence-electron chi connectivity index (χ0n) is 14.2. The van der Waals surface area contributed by atoms with E-state index in [0.29, 0.717) is 38.4 Å². The average molecular weight is 338 g/mol. The number of hydrogen-bond donors (Lipinski definition) is 2. The van der Waals surface area contributed by atoms with Gasteiger partial charge in [-0.25, -0.2) is 0 Å². The largest absolute Gasteiger partial charge is 0.484 e. The molecule has 0 heterocycles. The van der Waals surface area contributed by atoms with Gasteiger partial charge in [0.2, 0.25) is 5.91 Å². The summed E-state index contributed by atoms with van der Waals surface area (Å²) < 4.78 is 15.4. The molecule has 134 valence electrons. The van der Waals surface area contributed by atoms with Crippen molar-refractivity contribution in [1.82, 2.24) is 5.32 Å². The highest BCUT2D eigenvalue weighted by Gasteiger charge is 2.09. The zero-order valence-corrected chi connectivity index (χ0v) is 14.2. The van der Waals surface area contributed by atoms with Crippen molar-refractivity contribution in [3.05, 3.63) is 29.8 Å². The van der Waals surface area contributed by atoms with Gasteiger partial charge in [-0.1, -0.05) is 12.1 Å². The molecule has 0 aromatic heterocycles. The average Bonchev–Trinajstić information content (AvgIpc) is 2.56. The molecule has 0 aliphatic carbocycles. The molecule has 3 N–H and O–H groups in total. The van der Waals surface area contributed by atoms with E-state index in [-0.39, 0.29) is 18.6 Å². The normalized spacial score (nSPS) is 11.8. The molecular formula is C17H26N2O5. The van der Waals surface area contributed by atoms with Gasteiger partial charge in [-0.05, 0) is 31.0 Å². The van der Waals surface area contributed by atoms with E-state index in [2.05, 4.69) is 5.32 Å². The summed E-state index contributed by atoms with van der Waals surface area (Å²) in [6.07, 6.45) is 1.08. The van der Waals surface area contributed by atoms with Gasteiger partial charge < -0.3 is 25.3 Å². The molecule has 0 bridgehead atoms. The van der Waals surface area contributed by atoms with Crippen LogP contribution in [0.5, 0.6) is 5.75 Å². The van der Waals surface area contributed by atoms with Crippen LogP contribution in [0, 0.1) is 0 Å². The van der Waals surface area contributed by atoms with E-state index in [4.69, 9.17) is 19.9 Å². The van der Waals surface area contributed by atoms with E-state index >= 15 is 0 Å². The van der Waals surface area contributed by atoms with Crippen molar-refractivity contribution in [3.63, 3.8) is 0 Å². The topological polar surface area (TPSA) is 99.9 Å². The maximum absolute atomic E-state index is 11.9. The Morgan fingerprint density at radius 1 is 1.17 bits per heavy atom. The minimum Gasteiger partial charge on any atom is -0.484 e. The number of methoxy groups -OCH3 is 1. The first-order valence-electron chi connectivity index (χ1n) is 7.90. The first kappa shape index (κ1) is 19.9. The van der Waals surface area contributed by atoms with Crippen molar-refractivity contribution in [2.45, 2.75) is 25.8 Å². The van der Waals surface area contributed by atoms with E-state index in [1.54, 1.807) is 19.2 Å². The fourth-order valence-corrected chi connectivity index (χ4v) is 1.98. The maximum atomic E-state index is 11.9. The number of nitrogens with one attached hydrogen (secondary N) is 1. The summed E-state index contributed by atoms with van der Waals surface area (Å²) in [5.74, 6) is 0.0158. The van der Waals surface area contributed by atoms with E-state index in [9.17, 15) is 9.59 Å². The summed E-state index contributed by atoms with van der Waals surface area (Å²) in [5, 5.41) is 2.93. The number of nitrogens with two attached hydrogens (primary N) is 1. The van der Waals surface area contributed by atoms with Crippen LogP contribution in [-0.2, 0) is 19.1 Å². The molecule has 0 aliphatic heterocycles. The SMILES string of the molecule is COCCOCCCC(=O)N[C@H](C)c1ccc(OCC(N)=O)cc1. The molecule has 0 saturated heterocycles. The lowest BCUT2D eigenvalue weighted by atomic mass is 10.1. The number of ether oxygens (including phenoxy) is 3. The number of hydrogen-bond acceptors (Lipinski definition) is 5. The molecule has 1 rings (SSSR count). The van der Waals surface area contributed by atoms with E-state index in [1.165, 1.54) is 0 Å². The molecule has 0 radical (unpaired) electrons. The van der Waals surface area contributed by atoms with Crippen molar-refractivity contribution >= 4 is 11.8 Å². The van der Waals surface area contributed by atoms with Crippen LogP contribution in [0.1, 0.15) is 31.4 Å². The van der Waals surface area contributed by atoms with Gasteiger partial charge >= 0.3 is 0 Å². The molecule has 7 heteroatoms. The zero-order chi connectivity index (χ0) is 17.8. The Kier molecular flexibility index (Phi) is 9.48. The minimum absolute atomic E-state index is 0.0214.